The lowest BCUT2D eigenvalue weighted by molar-refractivity contribution is 1.26. The summed E-state index contributed by atoms with van der Waals surface area (Å²) in [6.45, 7) is 13.9. The van der Waals surface area contributed by atoms with E-state index in [4.69, 9.17) is 0 Å². The number of aliphatic imine (C=N–C) groups is 1. The summed E-state index contributed by atoms with van der Waals surface area (Å²) >= 11 is 0. The van der Waals surface area contributed by atoms with E-state index in [0.29, 0.717) is 0 Å². The second-order valence-corrected chi connectivity index (χ2v) is 3.53. The summed E-state index contributed by atoms with van der Waals surface area (Å²) in [5, 5.41) is 0. The van der Waals surface area contributed by atoms with Crippen molar-refractivity contribution in [3.8, 4) is 0 Å². The van der Waals surface area contributed by atoms with E-state index in [1.165, 1.54) is 5.57 Å². The van der Waals surface area contributed by atoms with Gasteiger partial charge in [-0.1, -0.05) is 30.9 Å². The molecule has 0 bridgehead atoms. The Labute approximate surface area is 93.6 Å². The fourth-order valence-corrected chi connectivity index (χ4v) is 1.04. The topological polar surface area (TPSA) is 12.4 Å². The van der Waals surface area contributed by atoms with E-state index in [0.717, 1.165) is 17.0 Å². The van der Waals surface area contributed by atoms with Crippen LogP contribution in [0.4, 0.5) is 0 Å². The van der Waals surface area contributed by atoms with E-state index in [2.05, 4.69) is 24.6 Å². The largest absolute Gasteiger partial charge is 0.254 e. The second-order valence-electron chi connectivity index (χ2n) is 3.53. The minimum Gasteiger partial charge on any atom is -0.254 e. The molecule has 1 heteroatoms. The summed E-state index contributed by atoms with van der Waals surface area (Å²) in [5.41, 5.74) is 4.16. The monoisotopic (exact) mass is 203 g/mol. The van der Waals surface area contributed by atoms with Crippen LogP contribution in [0.25, 0.3) is 0 Å². The highest BCUT2D eigenvalue weighted by molar-refractivity contribution is 5.98. The van der Waals surface area contributed by atoms with Crippen molar-refractivity contribution < 1.29 is 0 Å². The molecule has 82 valence electrons. The quantitative estimate of drug-likeness (QED) is 0.473. The minimum absolute atomic E-state index is 0.959. The molecule has 0 rings (SSSR count). The molecule has 0 aromatic rings. The molecule has 0 saturated heterocycles. The first kappa shape index (κ1) is 13.6. The Morgan fingerprint density at radius 2 is 1.73 bits per heavy atom. The third-order valence-corrected chi connectivity index (χ3v) is 2.11. The maximum atomic E-state index is 4.52. The molecule has 0 unspecified atom stereocenters. The van der Waals surface area contributed by atoms with Crippen LogP contribution in [0.5, 0.6) is 0 Å². The fourth-order valence-electron chi connectivity index (χ4n) is 1.04. The summed E-state index contributed by atoms with van der Waals surface area (Å²) < 4.78 is 0. The Morgan fingerprint density at radius 1 is 1.13 bits per heavy atom. The molecule has 0 amide bonds. The van der Waals surface area contributed by atoms with Gasteiger partial charge in [-0.2, -0.15) is 0 Å². The predicted molar refractivity (Wildman–Crippen MR) is 70.3 cm³/mol. The van der Waals surface area contributed by atoms with E-state index in [-0.39, 0.29) is 0 Å². The molecule has 0 spiro atoms. The smallest absolute Gasteiger partial charge is 0.0613 e. The van der Waals surface area contributed by atoms with Crippen molar-refractivity contribution in [2.45, 2.75) is 34.6 Å². The molecular weight excluding hydrogens is 182 g/mol. The van der Waals surface area contributed by atoms with Crippen LogP contribution in [-0.2, 0) is 0 Å². The Morgan fingerprint density at radius 3 is 2.13 bits per heavy atom. The normalized spacial score (nSPS) is 14.9. The zero-order valence-electron chi connectivity index (χ0n) is 10.5. The molecule has 0 N–H and O–H groups in total. The number of allylic oxidation sites excluding steroid dienone is 6. The van der Waals surface area contributed by atoms with Gasteiger partial charge in [-0.3, -0.25) is 4.99 Å². The van der Waals surface area contributed by atoms with Crippen molar-refractivity contribution in [3.05, 3.63) is 47.7 Å². The molecule has 0 saturated carbocycles. The van der Waals surface area contributed by atoms with Gasteiger partial charge in [0.05, 0.1) is 5.70 Å². The molecular formula is C14H21N. The van der Waals surface area contributed by atoms with Gasteiger partial charge in [0, 0.05) is 5.71 Å². The summed E-state index contributed by atoms with van der Waals surface area (Å²) in [7, 11) is 0. The van der Waals surface area contributed by atoms with Crippen LogP contribution in [-0.4, -0.2) is 5.71 Å². The maximum absolute atomic E-state index is 4.52. The van der Waals surface area contributed by atoms with Crippen molar-refractivity contribution >= 4 is 5.71 Å². The van der Waals surface area contributed by atoms with Crippen molar-refractivity contribution in [1.29, 1.82) is 0 Å². The first-order valence-electron chi connectivity index (χ1n) is 5.20. The third kappa shape index (κ3) is 5.16. The van der Waals surface area contributed by atoms with Crippen LogP contribution in [0.2, 0.25) is 0 Å². The van der Waals surface area contributed by atoms with Crippen molar-refractivity contribution in [2.75, 3.05) is 0 Å². The summed E-state index contributed by atoms with van der Waals surface area (Å²) in [6.07, 6.45) is 8.07. The number of hydrogen-bond donors (Lipinski definition) is 0. The molecule has 0 aliphatic rings. The molecule has 0 atom stereocenters. The summed E-state index contributed by atoms with van der Waals surface area (Å²) in [6, 6.07) is 0. The highest BCUT2D eigenvalue weighted by Crippen LogP contribution is 2.10. The summed E-state index contributed by atoms with van der Waals surface area (Å²) in [5.74, 6) is 0. The molecule has 0 fully saturated rings. The van der Waals surface area contributed by atoms with Gasteiger partial charge in [0.15, 0.2) is 0 Å². The lowest BCUT2D eigenvalue weighted by Crippen LogP contribution is -1.94. The Bertz CT molecular complexity index is 338. The molecule has 0 radical (unpaired) electrons. The average Bonchev–Trinajstić information content (AvgIpc) is 2.21. The fraction of sp³-hybridized carbons (Fsp3) is 0.357. The highest BCUT2D eigenvalue weighted by atomic mass is 14.8. The van der Waals surface area contributed by atoms with Gasteiger partial charge in [-0.25, -0.2) is 0 Å². The van der Waals surface area contributed by atoms with Gasteiger partial charge in [0.25, 0.3) is 0 Å². The maximum Gasteiger partial charge on any atom is 0.0613 e. The standard InChI is InChI=1S/C14H21N/c1-7-9-10-12(5)13(6)15-14(8-2)11(3)4/h7-10H,3H2,1-2,4-6H3/b9-7-,12-10+,14-8-,15-13+. The summed E-state index contributed by atoms with van der Waals surface area (Å²) in [4.78, 5) is 4.52. The molecule has 15 heavy (non-hydrogen) atoms. The average molecular weight is 203 g/mol. The Hall–Kier alpha value is -1.37. The van der Waals surface area contributed by atoms with Gasteiger partial charge in [-0.15, -0.1) is 0 Å². The van der Waals surface area contributed by atoms with E-state index in [1.54, 1.807) is 0 Å². The lowest BCUT2D eigenvalue weighted by atomic mass is 10.1. The zero-order chi connectivity index (χ0) is 11.8. The SMILES string of the molecule is C=C(C)C(=C/C)/N=C(C)/C(C)=C/C=C\C. The zero-order valence-corrected chi connectivity index (χ0v) is 10.5. The minimum atomic E-state index is 0.959. The van der Waals surface area contributed by atoms with E-state index in [1.807, 2.05) is 45.9 Å². The Balaban J connectivity index is 4.91. The molecule has 1 nitrogen and oxygen atoms in total. The van der Waals surface area contributed by atoms with Gasteiger partial charge >= 0.3 is 0 Å². The van der Waals surface area contributed by atoms with Gasteiger partial charge < -0.3 is 0 Å². The lowest BCUT2D eigenvalue weighted by Gasteiger charge is -2.03. The van der Waals surface area contributed by atoms with Gasteiger partial charge in [-0.05, 0) is 45.8 Å². The van der Waals surface area contributed by atoms with Crippen LogP contribution < -0.4 is 0 Å². The number of hydrogen-bond acceptors (Lipinski definition) is 1. The molecule has 0 heterocycles. The molecule has 0 aromatic heterocycles. The van der Waals surface area contributed by atoms with Gasteiger partial charge in [0.1, 0.15) is 0 Å². The number of nitrogens with zero attached hydrogens (tertiary/aromatic N) is 1. The van der Waals surface area contributed by atoms with Crippen LogP contribution in [0, 0.1) is 0 Å². The van der Waals surface area contributed by atoms with E-state index in [9.17, 15) is 0 Å². The van der Waals surface area contributed by atoms with Crippen molar-refractivity contribution in [1.82, 2.24) is 0 Å². The van der Waals surface area contributed by atoms with Crippen molar-refractivity contribution in [2.24, 2.45) is 4.99 Å². The van der Waals surface area contributed by atoms with E-state index >= 15 is 0 Å². The van der Waals surface area contributed by atoms with Gasteiger partial charge in [0.2, 0.25) is 0 Å². The molecule has 0 aliphatic carbocycles. The van der Waals surface area contributed by atoms with Crippen LogP contribution >= 0.6 is 0 Å². The predicted octanol–water partition coefficient (Wildman–Crippen LogP) is 4.45. The van der Waals surface area contributed by atoms with Crippen LogP contribution in [0.15, 0.2) is 52.7 Å². The first-order valence-corrected chi connectivity index (χ1v) is 5.20. The van der Waals surface area contributed by atoms with E-state index < -0.39 is 0 Å². The first-order chi connectivity index (χ1) is 7.02. The Kier molecular flexibility index (Phi) is 6.35. The second kappa shape index (κ2) is 6.99. The van der Waals surface area contributed by atoms with Crippen LogP contribution in [0.3, 0.4) is 0 Å². The molecule has 0 aromatic carbocycles. The molecule has 0 aliphatic heterocycles. The van der Waals surface area contributed by atoms with Crippen molar-refractivity contribution in [3.63, 3.8) is 0 Å². The number of rotatable bonds is 4. The highest BCUT2D eigenvalue weighted by Gasteiger charge is 1.97. The van der Waals surface area contributed by atoms with Crippen LogP contribution in [0.1, 0.15) is 34.6 Å². The third-order valence-electron chi connectivity index (χ3n) is 2.11.